The van der Waals surface area contributed by atoms with E-state index in [0.29, 0.717) is 40.1 Å². The molecule has 1 aliphatic rings. The van der Waals surface area contributed by atoms with Gasteiger partial charge in [-0.05, 0) is 63.5 Å². The van der Waals surface area contributed by atoms with Crippen LogP contribution in [0, 0.1) is 11.3 Å². The smallest absolute Gasteiger partial charge is 0.170 e. The summed E-state index contributed by atoms with van der Waals surface area (Å²) < 4.78 is 12.7. The molecule has 6 heteroatoms. The normalized spacial score (nSPS) is 13.8. The zero-order valence-corrected chi connectivity index (χ0v) is 16.3. The van der Waals surface area contributed by atoms with Crippen LogP contribution in [0.3, 0.4) is 0 Å². The van der Waals surface area contributed by atoms with Gasteiger partial charge in [-0.15, -0.1) is 0 Å². The van der Waals surface area contributed by atoms with Gasteiger partial charge in [-0.1, -0.05) is 12.1 Å². The minimum Gasteiger partial charge on any atom is -0.491 e. The summed E-state index contributed by atoms with van der Waals surface area (Å²) in [5.74, 6) is 1.15. The van der Waals surface area contributed by atoms with E-state index in [-0.39, 0.29) is 5.78 Å². The highest BCUT2D eigenvalue weighted by Crippen LogP contribution is 2.42. The van der Waals surface area contributed by atoms with Crippen LogP contribution in [0.1, 0.15) is 39.6 Å². The molecule has 0 saturated carbocycles. The number of carbonyl (C=O) groups is 1. The Bertz CT molecular complexity index is 1060. The van der Waals surface area contributed by atoms with E-state index in [2.05, 4.69) is 27.0 Å². The number of carbonyl (C=O) groups excluding carboxylic acids is 1. The van der Waals surface area contributed by atoms with E-state index >= 15 is 0 Å². The number of hydrogen-bond donors (Lipinski definition) is 0. The van der Waals surface area contributed by atoms with E-state index in [1.54, 1.807) is 36.7 Å². The van der Waals surface area contributed by atoms with E-state index in [4.69, 9.17) is 14.7 Å². The van der Waals surface area contributed by atoms with Crippen molar-refractivity contribution >= 4 is 21.7 Å². The van der Waals surface area contributed by atoms with Gasteiger partial charge in [0.05, 0.1) is 23.8 Å². The maximum atomic E-state index is 12.1. The van der Waals surface area contributed by atoms with Crippen molar-refractivity contribution in [1.82, 2.24) is 4.98 Å². The van der Waals surface area contributed by atoms with Crippen molar-refractivity contribution in [3.05, 3.63) is 87.7 Å². The largest absolute Gasteiger partial charge is 0.491 e. The summed E-state index contributed by atoms with van der Waals surface area (Å²) in [5, 5.41) is 9.05. The third-order valence-corrected chi connectivity index (χ3v) is 5.28. The minimum atomic E-state index is -0.413. The van der Waals surface area contributed by atoms with Crippen LogP contribution in [0.2, 0.25) is 0 Å². The Morgan fingerprint density at radius 1 is 1.07 bits per heavy atom. The number of nitriles is 1. The van der Waals surface area contributed by atoms with Crippen molar-refractivity contribution in [2.24, 2.45) is 0 Å². The van der Waals surface area contributed by atoms with E-state index in [1.165, 1.54) is 0 Å². The maximum absolute atomic E-state index is 12.1. The van der Waals surface area contributed by atoms with Crippen molar-refractivity contribution in [3.8, 4) is 17.6 Å². The molecule has 28 heavy (non-hydrogen) atoms. The molecule has 0 aliphatic carbocycles. The molecule has 3 aromatic rings. The molecule has 4 rings (SSSR count). The molecule has 2 heterocycles. The fourth-order valence-electron chi connectivity index (χ4n) is 3.10. The molecule has 0 bridgehead atoms. The van der Waals surface area contributed by atoms with Gasteiger partial charge in [-0.2, -0.15) is 5.26 Å². The standard InChI is InChI=1S/C22H15BrN2O3/c23-20-19(6-5-17-18(26)9-12-27-22(17)20)28-21(16-7-10-25-11-8-16)15-3-1-14(13-24)2-4-15/h1-8,10-11,21H,9,12H2. The van der Waals surface area contributed by atoms with Crippen molar-refractivity contribution < 1.29 is 14.3 Å². The second kappa shape index (κ2) is 7.83. The van der Waals surface area contributed by atoms with Crippen molar-refractivity contribution in [2.45, 2.75) is 12.5 Å². The van der Waals surface area contributed by atoms with Crippen LogP contribution in [0.5, 0.6) is 11.5 Å². The summed E-state index contributed by atoms with van der Waals surface area (Å²) in [5.41, 5.74) is 2.96. The maximum Gasteiger partial charge on any atom is 0.170 e. The number of halogens is 1. The van der Waals surface area contributed by atoms with Gasteiger partial charge in [0.1, 0.15) is 22.1 Å². The van der Waals surface area contributed by atoms with Gasteiger partial charge < -0.3 is 9.47 Å². The molecule has 0 amide bonds. The van der Waals surface area contributed by atoms with Crippen LogP contribution >= 0.6 is 15.9 Å². The van der Waals surface area contributed by atoms with Crippen LogP contribution in [-0.4, -0.2) is 17.4 Å². The first kappa shape index (κ1) is 18.2. The van der Waals surface area contributed by atoms with E-state index < -0.39 is 6.10 Å². The van der Waals surface area contributed by atoms with Crippen LogP contribution in [0.25, 0.3) is 0 Å². The molecule has 1 unspecified atom stereocenters. The molecule has 0 spiro atoms. The number of ketones is 1. The number of hydrogen-bond acceptors (Lipinski definition) is 5. The zero-order chi connectivity index (χ0) is 19.5. The summed E-state index contributed by atoms with van der Waals surface area (Å²) in [6.45, 7) is 0.358. The number of ether oxygens (including phenoxy) is 2. The number of pyridine rings is 1. The van der Waals surface area contributed by atoms with E-state index in [0.717, 1.165) is 11.1 Å². The van der Waals surface area contributed by atoms with Gasteiger partial charge in [-0.3, -0.25) is 9.78 Å². The second-order valence-corrected chi connectivity index (χ2v) is 7.08. The number of rotatable bonds is 4. The van der Waals surface area contributed by atoms with Gasteiger partial charge in [0.25, 0.3) is 0 Å². The average molecular weight is 435 g/mol. The first-order valence-electron chi connectivity index (χ1n) is 8.72. The summed E-state index contributed by atoms with van der Waals surface area (Å²) in [6, 6.07) is 16.7. The van der Waals surface area contributed by atoms with E-state index in [1.807, 2.05) is 24.3 Å². The van der Waals surface area contributed by atoms with Crippen LogP contribution < -0.4 is 9.47 Å². The molecule has 1 aromatic heterocycles. The topological polar surface area (TPSA) is 72.2 Å². The Morgan fingerprint density at radius 2 is 1.79 bits per heavy atom. The first-order chi connectivity index (χ1) is 13.7. The van der Waals surface area contributed by atoms with Gasteiger partial charge in [0.2, 0.25) is 0 Å². The monoisotopic (exact) mass is 434 g/mol. The lowest BCUT2D eigenvalue weighted by Crippen LogP contribution is -2.16. The highest BCUT2D eigenvalue weighted by molar-refractivity contribution is 9.10. The molecule has 0 saturated heterocycles. The predicted molar refractivity (Wildman–Crippen MR) is 106 cm³/mol. The Balaban J connectivity index is 1.74. The Hall–Kier alpha value is -3.17. The lowest BCUT2D eigenvalue weighted by Gasteiger charge is -2.24. The SMILES string of the molecule is N#Cc1ccc(C(Oc2ccc3c(c2Br)OCCC3=O)c2ccncc2)cc1. The fourth-order valence-corrected chi connectivity index (χ4v) is 3.65. The molecule has 2 aromatic carbocycles. The molecule has 138 valence electrons. The van der Waals surface area contributed by atoms with Crippen molar-refractivity contribution in [3.63, 3.8) is 0 Å². The van der Waals surface area contributed by atoms with Crippen LogP contribution in [0.4, 0.5) is 0 Å². The summed E-state index contributed by atoms with van der Waals surface area (Å²) in [6.07, 6.45) is 3.38. The highest BCUT2D eigenvalue weighted by atomic mass is 79.9. The van der Waals surface area contributed by atoms with Crippen molar-refractivity contribution in [1.29, 1.82) is 5.26 Å². The Morgan fingerprint density at radius 3 is 2.50 bits per heavy atom. The van der Waals surface area contributed by atoms with Crippen LogP contribution in [-0.2, 0) is 0 Å². The molecule has 0 fully saturated rings. The lowest BCUT2D eigenvalue weighted by atomic mass is 10.0. The number of Topliss-reactive ketones (excluding diaryl/α,β-unsaturated/α-hetero) is 1. The van der Waals surface area contributed by atoms with Crippen LogP contribution in [0.15, 0.2) is 65.4 Å². The molecule has 0 radical (unpaired) electrons. The van der Waals surface area contributed by atoms with Gasteiger partial charge in [-0.25, -0.2) is 0 Å². The first-order valence-corrected chi connectivity index (χ1v) is 9.52. The number of benzene rings is 2. The summed E-state index contributed by atoms with van der Waals surface area (Å²) in [4.78, 5) is 16.2. The van der Waals surface area contributed by atoms with Gasteiger partial charge in [0.15, 0.2) is 5.78 Å². The fraction of sp³-hybridized carbons (Fsp3) is 0.136. The summed E-state index contributed by atoms with van der Waals surface area (Å²) >= 11 is 3.53. The lowest BCUT2D eigenvalue weighted by molar-refractivity contribution is 0.0932. The number of fused-ring (bicyclic) bond motifs is 1. The third-order valence-electron chi connectivity index (χ3n) is 4.53. The number of aromatic nitrogens is 1. The third kappa shape index (κ3) is 3.49. The Kier molecular flexibility index (Phi) is 5.09. The molecule has 1 atom stereocenters. The minimum absolute atomic E-state index is 0.0614. The predicted octanol–water partition coefficient (Wildman–Crippen LogP) is 4.85. The highest BCUT2D eigenvalue weighted by Gasteiger charge is 2.25. The van der Waals surface area contributed by atoms with E-state index in [9.17, 15) is 4.79 Å². The van der Waals surface area contributed by atoms with Gasteiger partial charge >= 0.3 is 0 Å². The average Bonchev–Trinajstić information content (AvgIpc) is 2.75. The molecular formula is C22H15BrN2O3. The molecule has 1 aliphatic heterocycles. The number of nitrogens with zero attached hydrogens (tertiary/aromatic N) is 2. The van der Waals surface area contributed by atoms with Crippen molar-refractivity contribution in [2.75, 3.05) is 6.61 Å². The second-order valence-electron chi connectivity index (χ2n) is 6.29. The summed E-state index contributed by atoms with van der Waals surface area (Å²) in [7, 11) is 0. The Labute approximate surface area is 170 Å². The molecular weight excluding hydrogens is 420 g/mol. The molecule has 5 nitrogen and oxygen atoms in total. The van der Waals surface area contributed by atoms with Gasteiger partial charge in [0, 0.05) is 18.8 Å². The zero-order valence-electron chi connectivity index (χ0n) is 14.8. The quantitative estimate of drug-likeness (QED) is 0.586. The molecule has 0 N–H and O–H groups in total.